The summed E-state index contributed by atoms with van der Waals surface area (Å²) in [5.41, 5.74) is 3.70. The van der Waals surface area contributed by atoms with E-state index in [0.717, 1.165) is 29.0 Å². The Labute approximate surface area is 207 Å². The van der Waals surface area contributed by atoms with Crippen LogP contribution in [0, 0.1) is 5.41 Å². The van der Waals surface area contributed by atoms with Gasteiger partial charge in [-0.3, -0.25) is 0 Å². The molecule has 1 saturated carbocycles. The molecular weight excluding hydrogens is 475 g/mol. The number of ether oxygens (including phenoxy) is 1. The summed E-state index contributed by atoms with van der Waals surface area (Å²) >= 11 is 0. The first-order valence-electron chi connectivity index (χ1n) is 11.7. The van der Waals surface area contributed by atoms with E-state index in [1.54, 1.807) is 0 Å². The zero-order valence-corrected chi connectivity index (χ0v) is 20.2. The smallest absolute Gasteiger partial charge is 0.490 e. The number of carbonyl (C=O) groups is 1. The van der Waals surface area contributed by atoms with Crippen molar-refractivity contribution in [3.8, 4) is 28.3 Å². The van der Waals surface area contributed by atoms with E-state index in [0.29, 0.717) is 23.9 Å². The SMILES string of the molecule is CC1(C)CCC(NCCOc2ccc(-c3cccc(-c4ncon4)c3)cc2)CC1.O=C(O)C(F)(F)F. The number of aromatic nitrogens is 2. The number of alkyl halides is 3. The molecular formula is C26H30F3N3O4. The fourth-order valence-corrected chi connectivity index (χ4v) is 3.91. The molecule has 1 aliphatic carbocycles. The minimum atomic E-state index is -5.08. The molecule has 0 bridgehead atoms. The zero-order valence-electron chi connectivity index (χ0n) is 20.2. The van der Waals surface area contributed by atoms with E-state index in [9.17, 15) is 13.2 Å². The van der Waals surface area contributed by atoms with Gasteiger partial charge in [0.2, 0.25) is 12.2 Å². The summed E-state index contributed by atoms with van der Waals surface area (Å²) in [4.78, 5) is 13.0. The van der Waals surface area contributed by atoms with Crippen LogP contribution in [0.15, 0.2) is 59.4 Å². The van der Waals surface area contributed by atoms with Crippen molar-refractivity contribution in [2.24, 2.45) is 5.41 Å². The summed E-state index contributed by atoms with van der Waals surface area (Å²) < 4.78 is 42.5. The Morgan fingerprint density at radius 2 is 1.75 bits per heavy atom. The van der Waals surface area contributed by atoms with Crippen molar-refractivity contribution < 1.29 is 32.3 Å². The molecule has 0 unspecified atom stereocenters. The van der Waals surface area contributed by atoms with Crippen molar-refractivity contribution in [2.75, 3.05) is 13.2 Å². The maximum absolute atomic E-state index is 10.6. The molecule has 2 aromatic carbocycles. The summed E-state index contributed by atoms with van der Waals surface area (Å²) in [5, 5.41) is 14.7. The van der Waals surface area contributed by atoms with Gasteiger partial charge in [0.1, 0.15) is 12.4 Å². The number of halogens is 3. The first kappa shape index (κ1) is 27.2. The van der Waals surface area contributed by atoms with Crippen LogP contribution >= 0.6 is 0 Å². The van der Waals surface area contributed by atoms with E-state index in [1.165, 1.54) is 32.1 Å². The van der Waals surface area contributed by atoms with Gasteiger partial charge < -0.3 is 19.7 Å². The number of benzene rings is 2. The highest BCUT2D eigenvalue weighted by Gasteiger charge is 2.38. The lowest BCUT2D eigenvalue weighted by atomic mass is 9.75. The normalized spacial score (nSPS) is 15.6. The fourth-order valence-electron chi connectivity index (χ4n) is 3.91. The van der Waals surface area contributed by atoms with E-state index >= 15 is 0 Å². The van der Waals surface area contributed by atoms with Gasteiger partial charge in [-0.05, 0) is 60.4 Å². The second kappa shape index (κ2) is 12.0. The molecule has 0 amide bonds. The van der Waals surface area contributed by atoms with Crippen LogP contribution in [0.2, 0.25) is 0 Å². The number of hydrogen-bond donors (Lipinski definition) is 2. The molecule has 4 rings (SSSR count). The lowest BCUT2D eigenvalue weighted by molar-refractivity contribution is -0.192. The Morgan fingerprint density at radius 3 is 2.33 bits per heavy atom. The van der Waals surface area contributed by atoms with Gasteiger partial charge >= 0.3 is 12.1 Å². The van der Waals surface area contributed by atoms with Gasteiger partial charge in [-0.25, -0.2) is 4.79 Å². The summed E-state index contributed by atoms with van der Waals surface area (Å²) in [6.07, 6.45) is 1.41. The summed E-state index contributed by atoms with van der Waals surface area (Å²) in [6, 6.07) is 17.0. The second-order valence-electron chi connectivity index (χ2n) is 9.40. The average molecular weight is 506 g/mol. The number of carboxylic acids is 1. The van der Waals surface area contributed by atoms with Gasteiger partial charge in [-0.1, -0.05) is 49.3 Å². The topological polar surface area (TPSA) is 97.5 Å². The van der Waals surface area contributed by atoms with Gasteiger partial charge in [0, 0.05) is 18.2 Å². The molecule has 0 atom stereocenters. The van der Waals surface area contributed by atoms with E-state index in [1.807, 2.05) is 24.3 Å². The van der Waals surface area contributed by atoms with Crippen molar-refractivity contribution in [1.82, 2.24) is 15.5 Å². The lowest BCUT2D eigenvalue weighted by Crippen LogP contribution is -2.37. The molecule has 1 fully saturated rings. The third-order valence-electron chi connectivity index (χ3n) is 6.06. The highest BCUT2D eigenvalue weighted by molar-refractivity contribution is 5.73. The monoisotopic (exact) mass is 505 g/mol. The van der Waals surface area contributed by atoms with Crippen molar-refractivity contribution in [1.29, 1.82) is 0 Å². The minimum absolute atomic E-state index is 0.515. The Bertz CT molecular complexity index is 1090. The summed E-state index contributed by atoms with van der Waals surface area (Å²) in [7, 11) is 0. The van der Waals surface area contributed by atoms with Crippen molar-refractivity contribution >= 4 is 5.97 Å². The molecule has 2 N–H and O–H groups in total. The van der Waals surface area contributed by atoms with Gasteiger partial charge in [0.25, 0.3) is 0 Å². The quantitative estimate of drug-likeness (QED) is 0.382. The molecule has 0 radical (unpaired) electrons. The van der Waals surface area contributed by atoms with Crippen LogP contribution in [-0.2, 0) is 4.79 Å². The number of carboxylic acid groups (broad SMARTS) is 1. The molecule has 1 aliphatic rings. The molecule has 10 heteroatoms. The summed E-state index contributed by atoms with van der Waals surface area (Å²) in [5.74, 6) is -1.26. The maximum Gasteiger partial charge on any atom is 0.490 e. The number of nitrogens with zero attached hydrogens (tertiary/aromatic N) is 2. The number of hydrogen-bond acceptors (Lipinski definition) is 6. The molecule has 0 saturated heterocycles. The van der Waals surface area contributed by atoms with Gasteiger partial charge in [0.15, 0.2) is 0 Å². The molecule has 1 aromatic heterocycles. The van der Waals surface area contributed by atoms with Crippen molar-refractivity contribution in [2.45, 2.75) is 51.7 Å². The van der Waals surface area contributed by atoms with Crippen LogP contribution in [0.5, 0.6) is 5.75 Å². The van der Waals surface area contributed by atoms with Crippen LogP contribution in [0.1, 0.15) is 39.5 Å². The van der Waals surface area contributed by atoms with Crippen LogP contribution in [-0.4, -0.2) is 46.6 Å². The van der Waals surface area contributed by atoms with Crippen molar-refractivity contribution in [3.05, 3.63) is 54.9 Å². The Morgan fingerprint density at radius 1 is 1.11 bits per heavy atom. The first-order valence-corrected chi connectivity index (χ1v) is 11.7. The maximum atomic E-state index is 10.6. The lowest BCUT2D eigenvalue weighted by Gasteiger charge is -2.34. The van der Waals surface area contributed by atoms with Crippen LogP contribution < -0.4 is 10.1 Å². The van der Waals surface area contributed by atoms with Gasteiger partial charge in [-0.2, -0.15) is 18.2 Å². The molecule has 194 valence electrons. The molecule has 0 spiro atoms. The zero-order chi connectivity index (χ0) is 26.2. The van der Waals surface area contributed by atoms with Gasteiger partial charge in [-0.15, -0.1) is 0 Å². The van der Waals surface area contributed by atoms with E-state index in [2.05, 4.69) is 53.6 Å². The third kappa shape index (κ3) is 8.37. The van der Waals surface area contributed by atoms with E-state index in [4.69, 9.17) is 19.2 Å². The first-order chi connectivity index (χ1) is 17.0. The minimum Gasteiger partial charge on any atom is -0.492 e. The average Bonchev–Trinajstić information content (AvgIpc) is 3.38. The molecule has 0 aliphatic heterocycles. The number of aliphatic carboxylic acids is 1. The van der Waals surface area contributed by atoms with Crippen LogP contribution in [0.25, 0.3) is 22.5 Å². The second-order valence-corrected chi connectivity index (χ2v) is 9.40. The van der Waals surface area contributed by atoms with E-state index in [-0.39, 0.29) is 0 Å². The van der Waals surface area contributed by atoms with E-state index < -0.39 is 12.1 Å². The molecule has 1 heterocycles. The Hall–Kier alpha value is -3.40. The molecule has 7 nitrogen and oxygen atoms in total. The predicted octanol–water partition coefficient (Wildman–Crippen LogP) is 5.97. The third-order valence-corrected chi connectivity index (χ3v) is 6.06. The van der Waals surface area contributed by atoms with Crippen LogP contribution in [0.4, 0.5) is 13.2 Å². The van der Waals surface area contributed by atoms with Gasteiger partial charge in [0.05, 0.1) is 0 Å². The Balaban J connectivity index is 0.000000454. The molecule has 3 aromatic rings. The Kier molecular flexibility index (Phi) is 9.08. The summed E-state index contributed by atoms with van der Waals surface area (Å²) in [6.45, 7) is 6.32. The fraction of sp³-hybridized carbons (Fsp3) is 0.423. The molecule has 36 heavy (non-hydrogen) atoms. The van der Waals surface area contributed by atoms with Crippen LogP contribution in [0.3, 0.4) is 0 Å². The highest BCUT2D eigenvalue weighted by Crippen LogP contribution is 2.35. The van der Waals surface area contributed by atoms with Crippen molar-refractivity contribution in [3.63, 3.8) is 0 Å². The number of rotatable bonds is 7. The highest BCUT2D eigenvalue weighted by atomic mass is 19.4. The largest absolute Gasteiger partial charge is 0.492 e. The standard InChI is InChI=1S/C24H29N3O2.C2HF3O2/c1-24(2)12-10-21(11-13-24)25-14-15-28-22-8-6-18(7-9-22)19-4-3-5-20(16-19)23-26-17-29-27-23;3-2(4,5)1(6)7/h3-9,16-17,21,25H,10-15H2,1-2H3;(H,6,7). The number of nitrogens with one attached hydrogen (secondary N) is 1. The predicted molar refractivity (Wildman–Crippen MR) is 128 cm³/mol.